The average molecular weight is 580 g/mol. The lowest BCUT2D eigenvalue weighted by Crippen LogP contribution is -2.62. The highest BCUT2D eigenvalue weighted by Crippen LogP contribution is 2.48. The number of hydrogen-bond acceptors (Lipinski definition) is 6. The molecule has 208 valence electrons. The van der Waals surface area contributed by atoms with Gasteiger partial charge in [0.05, 0.1) is 21.3 Å². The molecule has 6 rings (SSSR count). The van der Waals surface area contributed by atoms with Crippen LogP contribution in [-0.2, 0) is 9.59 Å². The molecule has 3 unspecified atom stereocenters. The second-order valence-corrected chi connectivity index (χ2v) is 11.8. The molecule has 3 N–H and O–H groups in total. The van der Waals surface area contributed by atoms with Crippen LogP contribution in [0.15, 0.2) is 71.8 Å². The zero-order valence-electron chi connectivity index (χ0n) is 21.8. The number of piperidine rings is 2. The molecule has 0 spiro atoms. The van der Waals surface area contributed by atoms with Crippen LogP contribution in [0.5, 0.6) is 11.5 Å². The minimum Gasteiger partial charge on any atom is -0.456 e. The summed E-state index contributed by atoms with van der Waals surface area (Å²) in [5.41, 5.74) is 1.33. The zero-order chi connectivity index (χ0) is 27.8. The number of hydrogen-bond donors (Lipinski definition) is 3. The van der Waals surface area contributed by atoms with E-state index in [-0.39, 0.29) is 41.2 Å². The first kappa shape index (κ1) is 26.7. The number of amides is 4. The van der Waals surface area contributed by atoms with Gasteiger partial charge in [-0.3, -0.25) is 14.5 Å². The van der Waals surface area contributed by atoms with Crippen LogP contribution in [0.2, 0.25) is 5.02 Å². The van der Waals surface area contributed by atoms with Gasteiger partial charge < -0.3 is 25.6 Å². The summed E-state index contributed by atoms with van der Waals surface area (Å²) in [6.07, 6.45) is 3.63. The second-order valence-electron chi connectivity index (χ2n) is 10.2. The van der Waals surface area contributed by atoms with E-state index in [1.807, 2.05) is 36.4 Å². The van der Waals surface area contributed by atoms with E-state index in [1.165, 1.54) is 17.8 Å². The Hall–Kier alpha value is -3.47. The number of carbonyl (C=O) groups is 3. The van der Waals surface area contributed by atoms with Crippen molar-refractivity contribution in [1.29, 1.82) is 0 Å². The Morgan fingerprint density at radius 2 is 2.00 bits per heavy atom. The van der Waals surface area contributed by atoms with Crippen LogP contribution < -0.4 is 25.6 Å². The van der Waals surface area contributed by atoms with E-state index in [9.17, 15) is 14.4 Å². The van der Waals surface area contributed by atoms with Gasteiger partial charge in [-0.05, 0) is 62.2 Å². The molecular weight excluding hydrogens is 550 g/mol. The van der Waals surface area contributed by atoms with Gasteiger partial charge in [-0.1, -0.05) is 48.1 Å². The largest absolute Gasteiger partial charge is 0.456 e. The summed E-state index contributed by atoms with van der Waals surface area (Å²) >= 11 is 8.05. The van der Waals surface area contributed by atoms with Crippen LogP contribution in [-0.4, -0.2) is 59.8 Å². The standard InChI is InChI=1S/C29H30ClN5O4S/c1-2-23(36)34-14-6-7-17(16-34)32-27(37)26-25-24-21(12-13-31-28(24)40-26)35(29(38)33-25)18-10-11-22(20(30)15-18)39-19-8-4-3-5-9-19/h2-5,8-11,15,17,21,24,28,31H,1,6-7,12-14,16H2,(H,32,37)(H,33,38)/t17-,21?,24?,28?/m1/s1. The number of halogens is 1. The van der Waals surface area contributed by atoms with Gasteiger partial charge in [-0.25, -0.2) is 4.79 Å². The number of nitrogens with zero attached hydrogens (tertiary/aromatic N) is 2. The first-order chi connectivity index (χ1) is 19.4. The summed E-state index contributed by atoms with van der Waals surface area (Å²) in [6, 6.07) is 14.2. The number of thioether (sulfide) groups is 1. The van der Waals surface area contributed by atoms with Crippen LogP contribution in [0.1, 0.15) is 19.3 Å². The predicted octanol–water partition coefficient (Wildman–Crippen LogP) is 4.22. The van der Waals surface area contributed by atoms with Gasteiger partial charge in [0.15, 0.2) is 0 Å². The van der Waals surface area contributed by atoms with Crippen molar-refractivity contribution in [3.63, 3.8) is 0 Å². The monoisotopic (exact) mass is 579 g/mol. The van der Waals surface area contributed by atoms with Crippen molar-refractivity contribution in [3.05, 3.63) is 76.8 Å². The lowest BCUT2D eigenvalue weighted by atomic mass is 9.86. The smallest absolute Gasteiger partial charge is 0.326 e. The minimum absolute atomic E-state index is 0.0426. The highest BCUT2D eigenvalue weighted by Gasteiger charge is 2.51. The molecule has 4 atom stereocenters. The van der Waals surface area contributed by atoms with Crippen LogP contribution >= 0.6 is 23.4 Å². The normalized spacial score (nSPS) is 25.7. The van der Waals surface area contributed by atoms with Crippen molar-refractivity contribution >= 4 is 46.9 Å². The van der Waals surface area contributed by atoms with Crippen LogP contribution in [0.4, 0.5) is 10.5 Å². The summed E-state index contributed by atoms with van der Waals surface area (Å²) in [6.45, 7) is 5.39. The first-order valence-corrected chi connectivity index (χ1v) is 14.7. The summed E-state index contributed by atoms with van der Waals surface area (Å²) in [7, 11) is 0. The Labute approximate surface area is 241 Å². The molecule has 40 heavy (non-hydrogen) atoms. The van der Waals surface area contributed by atoms with Gasteiger partial charge in [0, 0.05) is 36.4 Å². The van der Waals surface area contributed by atoms with Crippen molar-refractivity contribution in [2.45, 2.75) is 36.7 Å². The number of carbonyl (C=O) groups excluding carboxylic acids is 3. The summed E-state index contributed by atoms with van der Waals surface area (Å²) in [5, 5.41) is 10.0. The molecule has 0 radical (unpaired) electrons. The molecule has 4 amide bonds. The molecule has 3 saturated heterocycles. The third kappa shape index (κ3) is 5.07. The number of rotatable bonds is 6. The van der Waals surface area contributed by atoms with E-state index in [2.05, 4.69) is 22.5 Å². The highest BCUT2D eigenvalue weighted by molar-refractivity contribution is 8.04. The molecule has 11 heteroatoms. The Morgan fingerprint density at radius 1 is 1.18 bits per heavy atom. The van der Waals surface area contributed by atoms with Gasteiger partial charge in [0.2, 0.25) is 5.91 Å². The molecule has 9 nitrogen and oxygen atoms in total. The zero-order valence-corrected chi connectivity index (χ0v) is 23.3. The molecule has 4 aliphatic heterocycles. The summed E-state index contributed by atoms with van der Waals surface area (Å²) in [5.74, 6) is 0.747. The number of urea groups is 1. The third-order valence-corrected chi connectivity index (χ3v) is 9.41. The average Bonchev–Trinajstić information content (AvgIpc) is 3.34. The lowest BCUT2D eigenvalue weighted by molar-refractivity contribution is -0.128. The Bertz CT molecular complexity index is 1390. The molecule has 0 bridgehead atoms. The number of anilines is 1. The Balaban J connectivity index is 1.21. The molecule has 4 heterocycles. The van der Waals surface area contributed by atoms with E-state index in [4.69, 9.17) is 16.3 Å². The van der Waals surface area contributed by atoms with E-state index in [0.717, 1.165) is 25.8 Å². The van der Waals surface area contributed by atoms with Crippen molar-refractivity contribution in [3.8, 4) is 11.5 Å². The number of ether oxygens (including phenoxy) is 1. The Kier molecular flexibility index (Phi) is 7.48. The minimum atomic E-state index is -0.294. The number of para-hydroxylation sites is 1. The van der Waals surface area contributed by atoms with E-state index in [1.54, 1.807) is 21.9 Å². The number of benzene rings is 2. The topological polar surface area (TPSA) is 103 Å². The van der Waals surface area contributed by atoms with Gasteiger partial charge in [-0.15, -0.1) is 0 Å². The van der Waals surface area contributed by atoms with Crippen molar-refractivity contribution in [2.24, 2.45) is 5.92 Å². The SMILES string of the molecule is C=CC(=O)N1CCC[C@@H](NC(=O)C2=C3NC(=O)N(c4ccc(Oc5ccccc5)c(Cl)c4)C4CCNC(S2)C34)C1. The molecule has 4 aliphatic rings. The van der Waals surface area contributed by atoms with Crippen molar-refractivity contribution < 1.29 is 19.1 Å². The maximum absolute atomic E-state index is 13.5. The molecule has 0 aromatic heterocycles. The predicted molar refractivity (Wildman–Crippen MR) is 155 cm³/mol. The number of nitrogens with one attached hydrogen (secondary N) is 3. The van der Waals surface area contributed by atoms with Crippen LogP contribution in [0.3, 0.4) is 0 Å². The molecule has 2 aromatic rings. The van der Waals surface area contributed by atoms with E-state index < -0.39 is 0 Å². The summed E-state index contributed by atoms with van der Waals surface area (Å²) in [4.78, 5) is 43.0. The fraction of sp³-hybridized carbons (Fsp3) is 0.345. The fourth-order valence-electron chi connectivity index (χ4n) is 5.94. The van der Waals surface area contributed by atoms with E-state index in [0.29, 0.717) is 45.9 Å². The van der Waals surface area contributed by atoms with Gasteiger partial charge in [-0.2, -0.15) is 0 Å². The molecule has 0 saturated carbocycles. The fourth-order valence-corrected chi connectivity index (χ4v) is 7.55. The summed E-state index contributed by atoms with van der Waals surface area (Å²) < 4.78 is 5.92. The maximum atomic E-state index is 13.5. The Morgan fingerprint density at radius 3 is 2.77 bits per heavy atom. The molecule has 0 aliphatic carbocycles. The van der Waals surface area contributed by atoms with Gasteiger partial charge >= 0.3 is 6.03 Å². The van der Waals surface area contributed by atoms with E-state index >= 15 is 0 Å². The molecule has 3 fully saturated rings. The number of likely N-dealkylation sites (tertiary alicyclic amines) is 1. The highest BCUT2D eigenvalue weighted by atomic mass is 35.5. The van der Waals surface area contributed by atoms with Crippen molar-refractivity contribution in [1.82, 2.24) is 20.9 Å². The lowest BCUT2D eigenvalue weighted by Gasteiger charge is -2.45. The van der Waals surface area contributed by atoms with Crippen LogP contribution in [0.25, 0.3) is 0 Å². The second kappa shape index (κ2) is 11.2. The van der Waals surface area contributed by atoms with Gasteiger partial charge in [0.1, 0.15) is 11.5 Å². The van der Waals surface area contributed by atoms with Gasteiger partial charge in [0.25, 0.3) is 5.91 Å². The third-order valence-electron chi connectivity index (χ3n) is 7.75. The molecular formula is C29H30ClN5O4S. The molecule has 2 aromatic carbocycles. The quantitative estimate of drug-likeness (QED) is 0.443. The first-order valence-electron chi connectivity index (χ1n) is 13.4. The van der Waals surface area contributed by atoms with Crippen molar-refractivity contribution in [2.75, 3.05) is 24.5 Å². The van der Waals surface area contributed by atoms with Crippen LogP contribution in [0, 0.1) is 5.92 Å². The maximum Gasteiger partial charge on any atom is 0.326 e.